The van der Waals surface area contributed by atoms with Gasteiger partial charge in [-0.1, -0.05) is 0 Å². The van der Waals surface area contributed by atoms with Crippen LogP contribution in [0.5, 0.6) is 0 Å². The molecule has 0 aromatic carbocycles. The van der Waals surface area contributed by atoms with Gasteiger partial charge in [-0.15, -0.1) is 0 Å². The third-order valence-corrected chi connectivity index (χ3v) is 4.21. The van der Waals surface area contributed by atoms with Gasteiger partial charge in [0.25, 0.3) is 5.91 Å². The van der Waals surface area contributed by atoms with Gasteiger partial charge < -0.3 is 10.4 Å². The molecule has 1 amide bonds. The van der Waals surface area contributed by atoms with Gasteiger partial charge in [0, 0.05) is 17.5 Å². The summed E-state index contributed by atoms with van der Waals surface area (Å²) in [6.45, 7) is 3.08. The summed E-state index contributed by atoms with van der Waals surface area (Å²) in [5, 5.41) is 23.0. The minimum atomic E-state index is -1.19. The van der Waals surface area contributed by atoms with E-state index in [2.05, 4.69) is 20.6 Å². The van der Waals surface area contributed by atoms with Crippen LogP contribution in [0, 0.1) is 0 Å². The summed E-state index contributed by atoms with van der Waals surface area (Å²) in [5.74, 6) is -1.31. The van der Waals surface area contributed by atoms with Crippen LogP contribution in [-0.2, 0) is 23.2 Å². The Morgan fingerprint density at radius 1 is 1.35 bits per heavy atom. The van der Waals surface area contributed by atoms with Gasteiger partial charge in [-0.05, 0) is 39.5 Å². The molecule has 23 heavy (non-hydrogen) atoms. The fraction of sp³-hybridized carbons (Fsp3) is 0.467. The van der Waals surface area contributed by atoms with Crippen LogP contribution in [-0.4, -0.2) is 37.0 Å². The Hall–Kier alpha value is -2.64. The van der Waals surface area contributed by atoms with E-state index in [0.717, 1.165) is 36.9 Å². The standard InChI is InChI=1S/C15H19N5O3/c1-15(2,14(22)23)20-8-9(7-16-20)17-13(21)12-10-5-3-4-6-11(10)18-19-12/h7-8H,3-6H2,1-2H3,(H,17,21)(H,18,19)(H,22,23). The topological polar surface area (TPSA) is 113 Å². The molecule has 1 aliphatic carbocycles. The number of H-pyrrole nitrogens is 1. The van der Waals surface area contributed by atoms with E-state index < -0.39 is 11.5 Å². The van der Waals surface area contributed by atoms with E-state index in [0.29, 0.717) is 11.4 Å². The number of hydrogen-bond donors (Lipinski definition) is 3. The van der Waals surface area contributed by atoms with Crippen molar-refractivity contribution in [3.05, 3.63) is 29.3 Å². The number of carboxylic acid groups (broad SMARTS) is 1. The number of aliphatic carboxylic acids is 1. The van der Waals surface area contributed by atoms with E-state index in [1.54, 1.807) is 0 Å². The summed E-state index contributed by atoms with van der Waals surface area (Å²) >= 11 is 0. The highest BCUT2D eigenvalue weighted by Crippen LogP contribution is 2.23. The first-order valence-corrected chi connectivity index (χ1v) is 7.55. The molecule has 0 radical (unpaired) electrons. The molecule has 2 aromatic rings. The SMILES string of the molecule is CC(C)(C(=O)O)n1cc(NC(=O)c2n[nH]c3c2CCCC3)cn1. The molecule has 3 rings (SSSR count). The normalized spacial score (nSPS) is 14.3. The summed E-state index contributed by atoms with van der Waals surface area (Å²) in [6.07, 6.45) is 6.86. The van der Waals surface area contributed by atoms with Crippen LogP contribution in [0.3, 0.4) is 0 Å². The third-order valence-electron chi connectivity index (χ3n) is 4.21. The first kappa shape index (κ1) is 15.3. The van der Waals surface area contributed by atoms with Gasteiger partial charge >= 0.3 is 5.97 Å². The van der Waals surface area contributed by atoms with Crippen molar-refractivity contribution in [1.29, 1.82) is 0 Å². The van der Waals surface area contributed by atoms with Crippen LogP contribution in [0.4, 0.5) is 5.69 Å². The number of carbonyl (C=O) groups excluding carboxylic acids is 1. The fourth-order valence-electron chi connectivity index (χ4n) is 2.65. The van der Waals surface area contributed by atoms with E-state index in [9.17, 15) is 14.7 Å². The molecule has 0 spiro atoms. The number of aryl methyl sites for hydroxylation is 1. The number of rotatable bonds is 4. The molecular weight excluding hydrogens is 298 g/mol. The Bertz CT molecular complexity index is 759. The zero-order valence-corrected chi connectivity index (χ0v) is 13.1. The lowest BCUT2D eigenvalue weighted by atomic mass is 9.96. The molecule has 0 bridgehead atoms. The number of fused-ring (bicyclic) bond motifs is 1. The van der Waals surface area contributed by atoms with E-state index in [-0.39, 0.29) is 5.91 Å². The molecule has 0 atom stereocenters. The number of carbonyl (C=O) groups is 2. The van der Waals surface area contributed by atoms with Crippen molar-refractivity contribution in [2.45, 2.75) is 45.1 Å². The van der Waals surface area contributed by atoms with Crippen LogP contribution in [0.1, 0.15) is 48.4 Å². The number of aromatic nitrogens is 4. The first-order chi connectivity index (χ1) is 10.9. The molecule has 122 valence electrons. The summed E-state index contributed by atoms with van der Waals surface area (Å²) in [4.78, 5) is 23.6. The lowest BCUT2D eigenvalue weighted by Gasteiger charge is -2.19. The van der Waals surface area contributed by atoms with Crippen molar-refractivity contribution < 1.29 is 14.7 Å². The molecule has 8 nitrogen and oxygen atoms in total. The zero-order valence-electron chi connectivity index (χ0n) is 13.1. The molecule has 1 aliphatic rings. The summed E-state index contributed by atoms with van der Waals surface area (Å²) in [7, 11) is 0. The van der Waals surface area contributed by atoms with Crippen molar-refractivity contribution in [1.82, 2.24) is 20.0 Å². The smallest absolute Gasteiger partial charge is 0.331 e. The number of anilines is 1. The minimum absolute atomic E-state index is 0.308. The molecule has 0 saturated carbocycles. The molecule has 0 fully saturated rings. The predicted molar refractivity (Wildman–Crippen MR) is 82.4 cm³/mol. The van der Waals surface area contributed by atoms with Crippen LogP contribution in [0.25, 0.3) is 0 Å². The van der Waals surface area contributed by atoms with Crippen molar-refractivity contribution in [3.8, 4) is 0 Å². The Morgan fingerprint density at radius 3 is 2.83 bits per heavy atom. The number of aromatic amines is 1. The second-order valence-electron chi connectivity index (χ2n) is 6.23. The van der Waals surface area contributed by atoms with Gasteiger partial charge in [-0.2, -0.15) is 10.2 Å². The summed E-state index contributed by atoms with van der Waals surface area (Å²) in [5.41, 5.74) is 1.67. The van der Waals surface area contributed by atoms with Gasteiger partial charge in [-0.3, -0.25) is 14.6 Å². The average molecular weight is 317 g/mol. The Morgan fingerprint density at radius 2 is 2.09 bits per heavy atom. The van der Waals surface area contributed by atoms with E-state index >= 15 is 0 Å². The maximum absolute atomic E-state index is 12.4. The lowest BCUT2D eigenvalue weighted by molar-refractivity contribution is -0.146. The number of amides is 1. The van der Waals surface area contributed by atoms with Gasteiger partial charge in [0.05, 0.1) is 11.9 Å². The van der Waals surface area contributed by atoms with E-state index in [1.165, 1.54) is 30.9 Å². The molecule has 0 aliphatic heterocycles. The van der Waals surface area contributed by atoms with Gasteiger partial charge in [-0.25, -0.2) is 4.79 Å². The number of nitrogens with zero attached hydrogens (tertiary/aromatic N) is 3. The highest BCUT2D eigenvalue weighted by molar-refractivity contribution is 6.04. The molecular formula is C15H19N5O3. The second kappa shape index (κ2) is 5.53. The van der Waals surface area contributed by atoms with E-state index in [1.807, 2.05) is 0 Å². The Kier molecular flexibility index (Phi) is 3.67. The van der Waals surface area contributed by atoms with Gasteiger partial charge in [0.2, 0.25) is 0 Å². The van der Waals surface area contributed by atoms with Crippen LogP contribution < -0.4 is 5.32 Å². The van der Waals surface area contributed by atoms with Crippen LogP contribution in [0.15, 0.2) is 12.4 Å². The van der Waals surface area contributed by atoms with Crippen molar-refractivity contribution in [3.63, 3.8) is 0 Å². The highest BCUT2D eigenvalue weighted by Gasteiger charge is 2.30. The summed E-state index contributed by atoms with van der Waals surface area (Å²) in [6, 6.07) is 0. The van der Waals surface area contributed by atoms with Crippen molar-refractivity contribution in [2.24, 2.45) is 0 Å². The maximum Gasteiger partial charge on any atom is 0.331 e. The van der Waals surface area contributed by atoms with Gasteiger partial charge in [0.1, 0.15) is 0 Å². The summed E-state index contributed by atoms with van der Waals surface area (Å²) < 4.78 is 1.31. The number of nitrogens with one attached hydrogen (secondary N) is 2. The predicted octanol–water partition coefficient (Wildman–Crippen LogP) is 1.56. The van der Waals surface area contributed by atoms with Crippen molar-refractivity contribution in [2.75, 3.05) is 5.32 Å². The van der Waals surface area contributed by atoms with Crippen LogP contribution >= 0.6 is 0 Å². The van der Waals surface area contributed by atoms with Gasteiger partial charge in [0.15, 0.2) is 11.2 Å². The molecule has 3 N–H and O–H groups in total. The van der Waals surface area contributed by atoms with Crippen molar-refractivity contribution >= 4 is 17.6 Å². The number of carboxylic acids is 1. The minimum Gasteiger partial charge on any atom is -0.479 e. The number of hydrogen-bond acceptors (Lipinski definition) is 4. The highest BCUT2D eigenvalue weighted by atomic mass is 16.4. The Labute approximate surface area is 132 Å². The van der Waals surface area contributed by atoms with E-state index in [4.69, 9.17) is 0 Å². The lowest BCUT2D eigenvalue weighted by Crippen LogP contribution is -2.35. The molecule has 2 heterocycles. The molecule has 0 saturated heterocycles. The maximum atomic E-state index is 12.4. The molecule has 0 unspecified atom stereocenters. The monoisotopic (exact) mass is 317 g/mol. The quantitative estimate of drug-likeness (QED) is 0.792. The molecule has 2 aromatic heterocycles. The molecule has 8 heteroatoms. The fourth-order valence-corrected chi connectivity index (χ4v) is 2.65. The Balaban J connectivity index is 1.78. The zero-order chi connectivity index (χ0) is 16.6. The average Bonchev–Trinajstić information content (AvgIpc) is 3.13. The second-order valence-corrected chi connectivity index (χ2v) is 6.23. The van der Waals surface area contributed by atoms with Crippen LogP contribution in [0.2, 0.25) is 0 Å². The first-order valence-electron chi connectivity index (χ1n) is 7.55. The largest absolute Gasteiger partial charge is 0.479 e. The third kappa shape index (κ3) is 2.71.